The Balaban J connectivity index is 1.03. The molecule has 0 aliphatic rings. The van der Waals surface area contributed by atoms with Gasteiger partial charge in [-0.25, -0.2) is 0 Å². The van der Waals surface area contributed by atoms with Gasteiger partial charge in [-0.3, -0.25) is 0 Å². The highest BCUT2D eigenvalue weighted by atomic mass is 15.1. The summed E-state index contributed by atoms with van der Waals surface area (Å²) in [4.78, 5) is 4.56. The smallest absolute Gasteiger partial charge is 0.0414 e. The summed E-state index contributed by atoms with van der Waals surface area (Å²) >= 11 is 0. The van der Waals surface area contributed by atoms with E-state index in [2.05, 4.69) is 182 Å². The first kappa shape index (κ1) is 26.5. The van der Waals surface area contributed by atoms with Gasteiger partial charge in [0.25, 0.3) is 0 Å². The lowest BCUT2D eigenvalue weighted by molar-refractivity contribution is 1.22. The Morgan fingerprint density at radius 2 is 0.543 bits per heavy atom. The van der Waals surface area contributed by atoms with Gasteiger partial charge in [-0.15, -0.1) is 0 Å². The van der Waals surface area contributed by atoms with E-state index in [4.69, 9.17) is 0 Å². The predicted molar refractivity (Wildman–Crippen MR) is 200 cm³/mol. The van der Waals surface area contributed by atoms with Crippen LogP contribution in [-0.4, -0.2) is 14.1 Å². The Morgan fingerprint density at radius 3 is 0.935 bits per heavy atom. The molecule has 0 unspecified atom stereocenters. The average Bonchev–Trinajstić information content (AvgIpc) is 3.11. The zero-order valence-electron chi connectivity index (χ0n) is 25.9. The number of nitrogens with zero attached hydrogens (tertiary/aromatic N) is 2. The number of hydrogen-bond donors (Lipinski definition) is 0. The molecule has 218 valence electrons. The fraction of sp³-hybridized carbons (Fsp3) is 0.0455. The third-order valence-corrected chi connectivity index (χ3v) is 9.73. The van der Waals surface area contributed by atoms with Gasteiger partial charge in [0.15, 0.2) is 0 Å². The van der Waals surface area contributed by atoms with Crippen molar-refractivity contribution in [3.63, 3.8) is 0 Å². The van der Waals surface area contributed by atoms with Crippen LogP contribution in [0.15, 0.2) is 158 Å². The molecule has 0 aliphatic carbocycles. The van der Waals surface area contributed by atoms with Gasteiger partial charge in [0.2, 0.25) is 0 Å². The standard InChI is InChI=1S/C44H32N2/c1-45(39-15-13-33-21-29-7-3-5-9-31(29)23-37(33)27-39)41-17-19-43-35(25-41)11-12-36-26-42(18-20-44(36)43)46(2)40-16-14-34-22-30-8-4-6-10-32(30)24-38(34)28-40/h3-28H,1-2H3. The summed E-state index contributed by atoms with van der Waals surface area (Å²) in [5.74, 6) is 0. The van der Waals surface area contributed by atoms with Gasteiger partial charge >= 0.3 is 0 Å². The van der Waals surface area contributed by atoms with Crippen molar-refractivity contribution < 1.29 is 0 Å². The van der Waals surface area contributed by atoms with E-state index in [0.717, 1.165) is 0 Å². The Kier molecular flexibility index (Phi) is 5.97. The Labute approximate surface area is 268 Å². The normalized spacial score (nSPS) is 11.7. The number of anilines is 4. The van der Waals surface area contributed by atoms with E-state index < -0.39 is 0 Å². The molecule has 0 aliphatic heterocycles. The van der Waals surface area contributed by atoms with Crippen LogP contribution in [0.5, 0.6) is 0 Å². The summed E-state index contributed by atoms with van der Waals surface area (Å²) in [5, 5.41) is 15.2. The molecule has 0 radical (unpaired) electrons. The molecule has 2 nitrogen and oxygen atoms in total. The second-order valence-electron chi connectivity index (χ2n) is 12.5. The van der Waals surface area contributed by atoms with E-state index in [1.165, 1.54) is 87.4 Å². The average molecular weight is 589 g/mol. The molecule has 0 saturated carbocycles. The van der Waals surface area contributed by atoms with Crippen molar-refractivity contribution in [1.82, 2.24) is 0 Å². The third kappa shape index (κ3) is 4.42. The van der Waals surface area contributed by atoms with Crippen molar-refractivity contribution in [2.45, 2.75) is 0 Å². The molecular formula is C44H32N2. The summed E-state index contributed by atoms with van der Waals surface area (Å²) in [5.41, 5.74) is 4.70. The SMILES string of the molecule is CN(c1ccc2cc3ccccc3cc2c1)c1ccc2c(ccc3cc(N(C)c4ccc5cc6ccccc6cc5c4)ccc32)c1. The first-order chi connectivity index (χ1) is 22.6. The van der Waals surface area contributed by atoms with Crippen molar-refractivity contribution in [3.8, 4) is 0 Å². The lowest BCUT2D eigenvalue weighted by Crippen LogP contribution is -2.09. The van der Waals surface area contributed by atoms with E-state index in [0.29, 0.717) is 0 Å². The number of rotatable bonds is 4. The second kappa shape index (κ2) is 10.4. The van der Waals surface area contributed by atoms with Gasteiger partial charge in [0.1, 0.15) is 0 Å². The van der Waals surface area contributed by atoms with Gasteiger partial charge in [0, 0.05) is 36.8 Å². The zero-order chi connectivity index (χ0) is 30.8. The fourth-order valence-corrected chi connectivity index (χ4v) is 7.03. The van der Waals surface area contributed by atoms with Crippen LogP contribution in [0.1, 0.15) is 0 Å². The highest BCUT2D eigenvalue weighted by Crippen LogP contribution is 2.36. The lowest BCUT2D eigenvalue weighted by atomic mass is 10.00. The topological polar surface area (TPSA) is 6.48 Å². The quantitative estimate of drug-likeness (QED) is 0.149. The maximum absolute atomic E-state index is 2.30. The molecule has 46 heavy (non-hydrogen) atoms. The molecule has 0 spiro atoms. The Bertz CT molecular complexity index is 2450. The van der Waals surface area contributed by atoms with Gasteiger partial charge in [0.05, 0.1) is 0 Å². The number of hydrogen-bond acceptors (Lipinski definition) is 2. The van der Waals surface area contributed by atoms with Crippen LogP contribution in [0.3, 0.4) is 0 Å². The molecule has 9 aromatic rings. The van der Waals surface area contributed by atoms with Gasteiger partial charge in [-0.05, 0) is 137 Å². The summed E-state index contributed by atoms with van der Waals surface area (Å²) in [7, 11) is 4.31. The number of fused-ring (bicyclic) bond motifs is 7. The molecule has 9 rings (SSSR count). The molecule has 0 heterocycles. The largest absolute Gasteiger partial charge is 0.345 e. The first-order valence-corrected chi connectivity index (χ1v) is 15.9. The van der Waals surface area contributed by atoms with Gasteiger partial charge in [-0.1, -0.05) is 84.9 Å². The van der Waals surface area contributed by atoms with Crippen LogP contribution in [-0.2, 0) is 0 Å². The molecule has 0 fully saturated rings. The van der Waals surface area contributed by atoms with Gasteiger partial charge < -0.3 is 9.80 Å². The molecule has 0 amide bonds. The highest BCUT2D eigenvalue weighted by molar-refractivity contribution is 6.09. The Hall–Kier alpha value is -5.86. The summed E-state index contributed by atoms with van der Waals surface area (Å²) in [6, 6.07) is 57.9. The molecule has 2 heteroatoms. The molecule has 9 aromatic carbocycles. The van der Waals surface area contributed by atoms with Crippen LogP contribution in [0.4, 0.5) is 22.7 Å². The summed E-state index contributed by atoms with van der Waals surface area (Å²) in [6.07, 6.45) is 0. The summed E-state index contributed by atoms with van der Waals surface area (Å²) < 4.78 is 0. The maximum atomic E-state index is 2.30. The van der Waals surface area contributed by atoms with Crippen molar-refractivity contribution in [1.29, 1.82) is 0 Å². The molecule has 0 N–H and O–H groups in total. The van der Waals surface area contributed by atoms with E-state index in [-0.39, 0.29) is 0 Å². The highest BCUT2D eigenvalue weighted by Gasteiger charge is 2.11. The lowest BCUT2D eigenvalue weighted by Gasteiger charge is -2.22. The maximum Gasteiger partial charge on any atom is 0.0414 e. The molecule has 0 bridgehead atoms. The minimum Gasteiger partial charge on any atom is -0.345 e. The van der Waals surface area contributed by atoms with Crippen LogP contribution in [0.25, 0.3) is 64.6 Å². The zero-order valence-corrected chi connectivity index (χ0v) is 25.9. The van der Waals surface area contributed by atoms with Crippen LogP contribution >= 0.6 is 0 Å². The molecule has 0 aromatic heterocycles. The minimum atomic E-state index is 1.17. The Morgan fingerprint density at radius 1 is 0.261 bits per heavy atom. The minimum absolute atomic E-state index is 1.17. The van der Waals surface area contributed by atoms with Crippen LogP contribution in [0, 0.1) is 0 Å². The number of benzene rings is 9. The second-order valence-corrected chi connectivity index (χ2v) is 12.5. The fourth-order valence-electron chi connectivity index (χ4n) is 7.03. The van der Waals surface area contributed by atoms with E-state index >= 15 is 0 Å². The van der Waals surface area contributed by atoms with Crippen LogP contribution in [0.2, 0.25) is 0 Å². The first-order valence-electron chi connectivity index (χ1n) is 15.9. The van der Waals surface area contributed by atoms with Crippen molar-refractivity contribution in [3.05, 3.63) is 158 Å². The van der Waals surface area contributed by atoms with E-state index in [9.17, 15) is 0 Å². The third-order valence-electron chi connectivity index (χ3n) is 9.73. The monoisotopic (exact) mass is 588 g/mol. The van der Waals surface area contributed by atoms with Crippen molar-refractivity contribution >= 4 is 87.4 Å². The van der Waals surface area contributed by atoms with E-state index in [1.54, 1.807) is 0 Å². The van der Waals surface area contributed by atoms with Crippen LogP contribution < -0.4 is 9.80 Å². The molecule has 0 saturated heterocycles. The molecule has 0 atom stereocenters. The van der Waals surface area contributed by atoms with Crippen molar-refractivity contribution in [2.24, 2.45) is 0 Å². The summed E-state index contributed by atoms with van der Waals surface area (Å²) in [6.45, 7) is 0. The predicted octanol–water partition coefficient (Wildman–Crippen LogP) is 12.1. The van der Waals surface area contributed by atoms with Crippen molar-refractivity contribution in [2.75, 3.05) is 23.9 Å². The van der Waals surface area contributed by atoms with E-state index in [1.807, 2.05) is 0 Å². The van der Waals surface area contributed by atoms with Gasteiger partial charge in [-0.2, -0.15) is 0 Å². The molecular weight excluding hydrogens is 556 g/mol.